The summed E-state index contributed by atoms with van der Waals surface area (Å²) in [4.78, 5) is 10.3. The Morgan fingerprint density at radius 3 is 2.24 bits per heavy atom. The maximum absolute atomic E-state index is 10.6. The first-order chi connectivity index (χ1) is 10.1. The van der Waals surface area contributed by atoms with Crippen molar-refractivity contribution in [2.24, 2.45) is 0 Å². The molecule has 0 aliphatic heterocycles. The van der Waals surface area contributed by atoms with Crippen LogP contribution in [-0.2, 0) is 0 Å². The smallest absolute Gasteiger partial charge is 0.269 e. The molecule has 0 aliphatic carbocycles. The monoisotopic (exact) mass is 413 g/mol. The van der Waals surface area contributed by atoms with E-state index in [4.69, 9.17) is 4.74 Å². The molecule has 2 rings (SSSR count). The van der Waals surface area contributed by atoms with Crippen LogP contribution in [0.5, 0.6) is 5.75 Å². The van der Waals surface area contributed by atoms with Crippen molar-refractivity contribution in [3.63, 3.8) is 0 Å². The number of nitro groups is 1. The van der Waals surface area contributed by atoms with Crippen molar-refractivity contribution in [1.82, 2.24) is 0 Å². The highest BCUT2D eigenvalue weighted by Crippen LogP contribution is 2.31. The summed E-state index contributed by atoms with van der Waals surface area (Å²) in [6.45, 7) is 0.447. The number of nitro benzene ring substituents is 1. The van der Waals surface area contributed by atoms with Gasteiger partial charge in [0, 0.05) is 12.1 Å². The van der Waals surface area contributed by atoms with Gasteiger partial charge in [-0.2, -0.15) is 0 Å². The second-order valence-corrected chi connectivity index (χ2v) is 6.55. The molecule has 0 heterocycles. The van der Waals surface area contributed by atoms with E-state index in [0.29, 0.717) is 12.4 Å². The number of hydrogen-bond acceptors (Lipinski definition) is 3. The zero-order valence-corrected chi connectivity index (χ0v) is 14.2. The van der Waals surface area contributed by atoms with Crippen LogP contribution in [0.1, 0.15) is 10.4 Å². The Balaban J connectivity index is 1.91. The van der Waals surface area contributed by atoms with Crippen molar-refractivity contribution in [2.45, 2.75) is 9.65 Å². The van der Waals surface area contributed by atoms with Crippen LogP contribution < -0.4 is 4.74 Å². The molecule has 0 saturated carbocycles. The van der Waals surface area contributed by atoms with Crippen molar-refractivity contribution >= 4 is 37.5 Å². The molecule has 0 saturated heterocycles. The summed E-state index contributed by atoms with van der Waals surface area (Å²) in [5.41, 5.74) is 1.21. The average Bonchev–Trinajstić information content (AvgIpc) is 2.53. The Morgan fingerprint density at radius 2 is 1.67 bits per heavy atom. The first-order valence-electron chi connectivity index (χ1n) is 6.28. The maximum Gasteiger partial charge on any atom is 0.269 e. The third kappa shape index (κ3) is 4.54. The van der Waals surface area contributed by atoms with Gasteiger partial charge >= 0.3 is 0 Å². The van der Waals surface area contributed by atoms with Gasteiger partial charge in [0.1, 0.15) is 12.4 Å². The van der Waals surface area contributed by atoms with Crippen LogP contribution in [0.3, 0.4) is 0 Å². The molecule has 4 nitrogen and oxygen atoms in total. The molecule has 0 radical (unpaired) electrons. The van der Waals surface area contributed by atoms with E-state index in [1.165, 1.54) is 12.1 Å². The summed E-state index contributed by atoms with van der Waals surface area (Å²) < 4.78 is 5.65. The molecular formula is C15H13Br2NO3. The van der Waals surface area contributed by atoms with Gasteiger partial charge in [0.15, 0.2) is 0 Å². The standard InChI is InChI=1S/C15H13Br2NO3/c16-14(15(17)11-4-2-1-3-5-11)10-21-13-8-6-12(7-9-13)18(19)20/h1-9,14-15H,10H2/t14-,15-/m0/s1. The van der Waals surface area contributed by atoms with Gasteiger partial charge in [0.05, 0.1) is 14.6 Å². The van der Waals surface area contributed by atoms with Gasteiger partial charge in [0.25, 0.3) is 5.69 Å². The van der Waals surface area contributed by atoms with Crippen molar-refractivity contribution in [3.05, 3.63) is 70.3 Å². The molecule has 0 amide bonds. The molecular weight excluding hydrogens is 402 g/mol. The SMILES string of the molecule is O=[N+]([O-])c1ccc(OC[C@H](Br)[C@@H](Br)c2ccccc2)cc1. The van der Waals surface area contributed by atoms with E-state index < -0.39 is 4.92 Å². The van der Waals surface area contributed by atoms with Crippen molar-refractivity contribution in [1.29, 1.82) is 0 Å². The Morgan fingerprint density at radius 1 is 1.05 bits per heavy atom. The van der Waals surface area contributed by atoms with Crippen LogP contribution in [-0.4, -0.2) is 16.4 Å². The molecule has 2 atom stereocenters. The van der Waals surface area contributed by atoms with Crippen LogP contribution >= 0.6 is 31.9 Å². The predicted octanol–water partition coefficient (Wildman–Crippen LogP) is 4.87. The topological polar surface area (TPSA) is 52.4 Å². The van der Waals surface area contributed by atoms with Crippen molar-refractivity contribution < 1.29 is 9.66 Å². The third-order valence-corrected chi connectivity index (χ3v) is 5.56. The number of rotatable bonds is 6. The number of benzene rings is 2. The number of alkyl halides is 2. The summed E-state index contributed by atoms with van der Waals surface area (Å²) in [7, 11) is 0. The van der Waals surface area contributed by atoms with E-state index in [2.05, 4.69) is 31.9 Å². The maximum atomic E-state index is 10.6. The predicted molar refractivity (Wildman–Crippen MR) is 89.4 cm³/mol. The normalized spacial score (nSPS) is 13.4. The molecule has 0 aromatic heterocycles. The lowest BCUT2D eigenvalue weighted by Crippen LogP contribution is -2.16. The molecule has 2 aromatic rings. The number of halogens is 2. The number of hydrogen-bond donors (Lipinski definition) is 0. The molecule has 2 aromatic carbocycles. The summed E-state index contributed by atoms with van der Waals surface area (Å²) in [5, 5.41) is 10.6. The lowest BCUT2D eigenvalue weighted by molar-refractivity contribution is -0.384. The quantitative estimate of drug-likeness (QED) is 0.384. The summed E-state index contributed by atoms with van der Waals surface area (Å²) >= 11 is 7.23. The lowest BCUT2D eigenvalue weighted by Gasteiger charge is -2.17. The van der Waals surface area contributed by atoms with Crippen molar-refractivity contribution in [3.8, 4) is 5.75 Å². The van der Waals surface area contributed by atoms with Gasteiger partial charge < -0.3 is 4.74 Å². The summed E-state index contributed by atoms with van der Waals surface area (Å²) in [6.07, 6.45) is 0. The van der Waals surface area contributed by atoms with Gasteiger partial charge in [0.2, 0.25) is 0 Å². The Kier molecular flexibility index (Phi) is 5.76. The number of ether oxygens (including phenoxy) is 1. The third-order valence-electron chi connectivity index (χ3n) is 2.89. The Bertz CT molecular complexity index is 590. The van der Waals surface area contributed by atoms with E-state index >= 15 is 0 Å². The zero-order chi connectivity index (χ0) is 15.2. The number of non-ortho nitro benzene ring substituents is 1. The van der Waals surface area contributed by atoms with Crippen LogP contribution in [0.15, 0.2) is 54.6 Å². The van der Waals surface area contributed by atoms with E-state index in [1.54, 1.807) is 12.1 Å². The zero-order valence-electron chi connectivity index (χ0n) is 11.0. The fourth-order valence-electron chi connectivity index (χ4n) is 1.77. The minimum absolute atomic E-state index is 0.0559. The summed E-state index contributed by atoms with van der Waals surface area (Å²) in [6, 6.07) is 16.1. The Hall–Kier alpha value is -1.40. The Labute approximate surface area is 139 Å². The van der Waals surface area contributed by atoms with E-state index in [9.17, 15) is 10.1 Å². The van der Waals surface area contributed by atoms with Gasteiger partial charge in [-0.25, -0.2) is 0 Å². The van der Waals surface area contributed by atoms with E-state index in [-0.39, 0.29) is 15.3 Å². The fraction of sp³-hybridized carbons (Fsp3) is 0.200. The van der Waals surface area contributed by atoms with Crippen LogP contribution in [0.25, 0.3) is 0 Å². The molecule has 110 valence electrons. The highest BCUT2D eigenvalue weighted by Gasteiger charge is 2.18. The van der Waals surface area contributed by atoms with Crippen LogP contribution in [0, 0.1) is 10.1 Å². The minimum Gasteiger partial charge on any atom is -0.492 e. The second-order valence-electron chi connectivity index (χ2n) is 4.39. The first kappa shape index (κ1) is 16.0. The van der Waals surface area contributed by atoms with E-state index in [0.717, 1.165) is 5.56 Å². The minimum atomic E-state index is -0.430. The highest BCUT2D eigenvalue weighted by molar-refractivity contribution is 9.12. The van der Waals surface area contributed by atoms with Gasteiger partial charge in [-0.05, 0) is 17.7 Å². The molecule has 21 heavy (non-hydrogen) atoms. The molecule has 0 spiro atoms. The van der Waals surface area contributed by atoms with Crippen LogP contribution in [0.2, 0.25) is 0 Å². The molecule has 0 fully saturated rings. The lowest BCUT2D eigenvalue weighted by atomic mass is 10.1. The van der Waals surface area contributed by atoms with Gasteiger partial charge in [-0.3, -0.25) is 10.1 Å². The first-order valence-corrected chi connectivity index (χ1v) is 8.11. The molecule has 0 unspecified atom stereocenters. The highest BCUT2D eigenvalue weighted by atomic mass is 79.9. The second kappa shape index (κ2) is 7.56. The van der Waals surface area contributed by atoms with Gasteiger partial charge in [-0.1, -0.05) is 62.2 Å². The molecule has 6 heteroatoms. The van der Waals surface area contributed by atoms with Crippen molar-refractivity contribution in [2.75, 3.05) is 6.61 Å². The van der Waals surface area contributed by atoms with Gasteiger partial charge in [-0.15, -0.1) is 0 Å². The average molecular weight is 415 g/mol. The number of nitrogens with zero attached hydrogens (tertiary/aromatic N) is 1. The fourth-order valence-corrected chi connectivity index (χ4v) is 2.67. The largest absolute Gasteiger partial charge is 0.492 e. The molecule has 0 bridgehead atoms. The van der Waals surface area contributed by atoms with Crippen LogP contribution in [0.4, 0.5) is 5.69 Å². The molecule has 0 N–H and O–H groups in total. The summed E-state index contributed by atoms with van der Waals surface area (Å²) in [5.74, 6) is 0.609. The molecule has 0 aliphatic rings. The van der Waals surface area contributed by atoms with E-state index in [1.807, 2.05) is 30.3 Å².